The quantitative estimate of drug-likeness (QED) is 0.395. The first-order valence-corrected chi connectivity index (χ1v) is 4.69. The molecule has 0 saturated carbocycles. The van der Waals surface area contributed by atoms with Crippen molar-refractivity contribution in [2.75, 3.05) is 13.2 Å². The second-order valence-electron chi connectivity index (χ2n) is 2.86. The Balaban J connectivity index is 3.43. The molecule has 5 heteroatoms. The third kappa shape index (κ3) is 8.80. The Morgan fingerprint density at radius 1 is 1.20 bits per heavy atom. The Labute approximate surface area is 88.7 Å². The summed E-state index contributed by atoms with van der Waals surface area (Å²) in [5.41, 5.74) is 0. The fourth-order valence-corrected chi connectivity index (χ4v) is 0.723. The van der Waals surface area contributed by atoms with Crippen LogP contribution >= 0.6 is 0 Å². The van der Waals surface area contributed by atoms with Gasteiger partial charge in [0.25, 0.3) is 0 Å². The molecule has 0 spiro atoms. The highest BCUT2D eigenvalue weighted by Crippen LogP contribution is 1.96. The van der Waals surface area contributed by atoms with Gasteiger partial charge in [0, 0.05) is 0 Å². The molecule has 86 valence electrons. The van der Waals surface area contributed by atoms with E-state index in [1.54, 1.807) is 13.0 Å². The summed E-state index contributed by atoms with van der Waals surface area (Å²) >= 11 is 0. The van der Waals surface area contributed by atoms with Gasteiger partial charge < -0.3 is 14.6 Å². The molecule has 0 heterocycles. The van der Waals surface area contributed by atoms with Crippen molar-refractivity contribution in [2.45, 2.75) is 26.7 Å². The second-order valence-corrected chi connectivity index (χ2v) is 2.86. The first-order chi connectivity index (χ1) is 7.06. The van der Waals surface area contributed by atoms with Gasteiger partial charge in [-0.05, 0) is 13.8 Å². The standard InChI is InChI=1S/C10H16O5/c1-3-8(2)14-6-7-15-10(13)5-4-9(11)12/h3H,4-7H2,1-2H3,(H,11,12). The number of aliphatic carboxylic acids is 1. The zero-order chi connectivity index (χ0) is 11.7. The molecule has 5 nitrogen and oxygen atoms in total. The minimum Gasteiger partial charge on any atom is -0.495 e. The second kappa shape index (κ2) is 7.84. The third-order valence-electron chi connectivity index (χ3n) is 1.63. The molecule has 0 radical (unpaired) electrons. The van der Waals surface area contributed by atoms with Gasteiger partial charge in [-0.2, -0.15) is 0 Å². The molecule has 0 aromatic heterocycles. The number of hydrogen-bond acceptors (Lipinski definition) is 4. The van der Waals surface area contributed by atoms with Gasteiger partial charge in [-0.3, -0.25) is 9.59 Å². The third-order valence-corrected chi connectivity index (χ3v) is 1.63. The molecular weight excluding hydrogens is 200 g/mol. The summed E-state index contributed by atoms with van der Waals surface area (Å²) in [6, 6.07) is 0. The molecule has 0 aliphatic rings. The van der Waals surface area contributed by atoms with E-state index in [0.29, 0.717) is 0 Å². The van der Waals surface area contributed by atoms with Gasteiger partial charge in [-0.1, -0.05) is 6.08 Å². The van der Waals surface area contributed by atoms with Gasteiger partial charge in [0.15, 0.2) is 0 Å². The lowest BCUT2D eigenvalue weighted by atomic mass is 10.3. The smallest absolute Gasteiger partial charge is 0.306 e. The van der Waals surface area contributed by atoms with Crippen LogP contribution in [0.5, 0.6) is 0 Å². The number of carbonyl (C=O) groups excluding carboxylic acids is 1. The van der Waals surface area contributed by atoms with Crippen LogP contribution in [0.15, 0.2) is 11.8 Å². The van der Waals surface area contributed by atoms with Crippen LogP contribution in [-0.4, -0.2) is 30.3 Å². The van der Waals surface area contributed by atoms with Gasteiger partial charge >= 0.3 is 11.9 Å². The molecule has 0 rings (SSSR count). The van der Waals surface area contributed by atoms with Gasteiger partial charge in [0.1, 0.15) is 13.2 Å². The lowest BCUT2D eigenvalue weighted by Crippen LogP contribution is -2.11. The van der Waals surface area contributed by atoms with Crippen molar-refractivity contribution < 1.29 is 24.2 Å². The van der Waals surface area contributed by atoms with Crippen LogP contribution in [0.3, 0.4) is 0 Å². The van der Waals surface area contributed by atoms with Gasteiger partial charge in [-0.25, -0.2) is 0 Å². The summed E-state index contributed by atoms with van der Waals surface area (Å²) in [4.78, 5) is 21.0. The average Bonchev–Trinajstić information content (AvgIpc) is 2.21. The molecule has 0 unspecified atom stereocenters. The van der Waals surface area contributed by atoms with Crippen molar-refractivity contribution in [3.05, 3.63) is 11.8 Å². The SMILES string of the molecule is CC=C(C)OCCOC(=O)CCC(=O)O. The average molecular weight is 216 g/mol. The van der Waals surface area contributed by atoms with E-state index in [9.17, 15) is 9.59 Å². The molecule has 0 aliphatic carbocycles. The summed E-state index contributed by atoms with van der Waals surface area (Å²) in [6.07, 6.45) is 1.50. The van der Waals surface area contributed by atoms with Crippen molar-refractivity contribution in [3.8, 4) is 0 Å². The molecule has 0 atom stereocenters. The monoisotopic (exact) mass is 216 g/mol. The molecular formula is C10H16O5. The van der Waals surface area contributed by atoms with Crippen LogP contribution < -0.4 is 0 Å². The molecule has 0 fully saturated rings. The van der Waals surface area contributed by atoms with E-state index >= 15 is 0 Å². The Kier molecular flexibility index (Phi) is 7.05. The summed E-state index contributed by atoms with van der Waals surface area (Å²) in [5, 5.41) is 8.30. The minimum absolute atomic E-state index is 0.0993. The van der Waals surface area contributed by atoms with E-state index in [0.717, 1.165) is 5.76 Å². The number of esters is 1. The van der Waals surface area contributed by atoms with Crippen LogP contribution in [0, 0.1) is 0 Å². The number of rotatable bonds is 7. The van der Waals surface area contributed by atoms with E-state index in [-0.39, 0.29) is 26.1 Å². The largest absolute Gasteiger partial charge is 0.495 e. The van der Waals surface area contributed by atoms with E-state index in [1.807, 2.05) is 6.92 Å². The predicted octanol–water partition coefficient (Wildman–Crippen LogP) is 1.33. The van der Waals surface area contributed by atoms with E-state index < -0.39 is 11.9 Å². The summed E-state index contributed by atoms with van der Waals surface area (Å²) in [5.74, 6) is -0.760. The van der Waals surface area contributed by atoms with Crippen molar-refractivity contribution in [2.24, 2.45) is 0 Å². The van der Waals surface area contributed by atoms with Crippen molar-refractivity contribution in [3.63, 3.8) is 0 Å². The molecule has 0 aromatic rings. The minimum atomic E-state index is -1.01. The zero-order valence-corrected chi connectivity index (χ0v) is 8.99. The summed E-state index contributed by atoms with van der Waals surface area (Å²) in [7, 11) is 0. The molecule has 0 amide bonds. The summed E-state index contributed by atoms with van der Waals surface area (Å²) < 4.78 is 9.87. The zero-order valence-electron chi connectivity index (χ0n) is 8.99. The normalized spacial score (nSPS) is 10.9. The fraction of sp³-hybridized carbons (Fsp3) is 0.600. The fourth-order valence-electron chi connectivity index (χ4n) is 0.723. The van der Waals surface area contributed by atoms with E-state index in [1.165, 1.54) is 0 Å². The van der Waals surface area contributed by atoms with Crippen LogP contribution in [-0.2, 0) is 19.1 Å². The molecule has 0 bridgehead atoms. The molecule has 15 heavy (non-hydrogen) atoms. The number of carboxylic acids is 1. The Morgan fingerprint density at radius 3 is 2.33 bits per heavy atom. The number of hydrogen-bond donors (Lipinski definition) is 1. The molecule has 0 saturated heterocycles. The van der Waals surface area contributed by atoms with E-state index in [2.05, 4.69) is 0 Å². The number of ether oxygens (including phenoxy) is 2. The van der Waals surface area contributed by atoms with Gasteiger partial charge in [0.2, 0.25) is 0 Å². The highest BCUT2D eigenvalue weighted by Gasteiger charge is 2.05. The number of carbonyl (C=O) groups is 2. The highest BCUT2D eigenvalue weighted by molar-refractivity contribution is 5.76. The number of allylic oxidation sites excluding steroid dienone is 2. The lowest BCUT2D eigenvalue weighted by molar-refractivity contribution is -0.148. The topological polar surface area (TPSA) is 72.8 Å². The van der Waals surface area contributed by atoms with Crippen LogP contribution in [0.25, 0.3) is 0 Å². The van der Waals surface area contributed by atoms with Crippen LogP contribution in [0.1, 0.15) is 26.7 Å². The van der Waals surface area contributed by atoms with Crippen LogP contribution in [0.2, 0.25) is 0 Å². The maximum Gasteiger partial charge on any atom is 0.306 e. The molecule has 0 aromatic carbocycles. The predicted molar refractivity (Wildman–Crippen MR) is 53.2 cm³/mol. The van der Waals surface area contributed by atoms with Gasteiger partial charge in [-0.15, -0.1) is 0 Å². The Morgan fingerprint density at radius 2 is 1.80 bits per heavy atom. The first kappa shape index (κ1) is 13.5. The summed E-state index contributed by atoms with van der Waals surface area (Å²) in [6.45, 7) is 4.07. The van der Waals surface area contributed by atoms with Crippen LogP contribution in [0.4, 0.5) is 0 Å². The Hall–Kier alpha value is -1.52. The van der Waals surface area contributed by atoms with Crippen molar-refractivity contribution >= 4 is 11.9 Å². The van der Waals surface area contributed by atoms with Gasteiger partial charge in [0.05, 0.1) is 18.6 Å². The number of carboxylic acid groups (broad SMARTS) is 1. The lowest BCUT2D eigenvalue weighted by Gasteiger charge is -2.06. The van der Waals surface area contributed by atoms with E-state index in [4.69, 9.17) is 14.6 Å². The molecule has 0 aliphatic heterocycles. The maximum atomic E-state index is 10.9. The first-order valence-electron chi connectivity index (χ1n) is 4.69. The van der Waals surface area contributed by atoms with Crippen molar-refractivity contribution in [1.82, 2.24) is 0 Å². The Bertz CT molecular complexity index is 244. The highest BCUT2D eigenvalue weighted by atomic mass is 16.6. The molecule has 1 N–H and O–H groups in total. The van der Waals surface area contributed by atoms with Crippen molar-refractivity contribution in [1.29, 1.82) is 0 Å². The maximum absolute atomic E-state index is 10.9.